The maximum atomic E-state index is 12.8. The molecule has 1 amide bonds. The van der Waals surface area contributed by atoms with E-state index in [4.69, 9.17) is 0 Å². The van der Waals surface area contributed by atoms with Crippen molar-refractivity contribution in [1.29, 1.82) is 0 Å². The molecule has 0 unspecified atom stereocenters. The van der Waals surface area contributed by atoms with Crippen LogP contribution >= 0.6 is 0 Å². The van der Waals surface area contributed by atoms with E-state index in [1.807, 2.05) is 0 Å². The second-order valence-corrected chi connectivity index (χ2v) is 5.58. The van der Waals surface area contributed by atoms with Crippen molar-refractivity contribution in [3.63, 3.8) is 0 Å². The Morgan fingerprint density at radius 3 is 2.59 bits per heavy atom. The minimum absolute atomic E-state index is 0.0231. The maximum absolute atomic E-state index is 12.8. The topological polar surface area (TPSA) is 83.5 Å². The van der Waals surface area contributed by atoms with Gasteiger partial charge in [-0.05, 0) is 36.5 Å². The van der Waals surface area contributed by atoms with Crippen LogP contribution in [0.1, 0.15) is 31.2 Å². The number of amides is 1. The molecule has 118 valence electrons. The number of carbonyl (C=O) groups excluding carboxylic acids is 2. The Kier molecular flexibility index (Phi) is 5.25. The van der Waals surface area contributed by atoms with Crippen LogP contribution in [-0.2, 0) is 20.8 Å². The van der Waals surface area contributed by atoms with Crippen LogP contribution in [0.3, 0.4) is 0 Å². The smallest absolute Gasteiger partial charge is 0.326 e. The van der Waals surface area contributed by atoms with Gasteiger partial charge in [-0.25, -0.2) is 9.18 Å². The number of halogens is 1. The molecule has 0 saturated heterocycles. The van der Waals surface area contributed by atoms with Gasteiger partial charge < -0.3 is 10.4 Å². The van der Waals surface area contributed by atoms with Gasteiger partial charge in [0.15, 0.2) is 0 Å². The van der Waals surface area contributed by atoms with E-state index in [0.717, 1.165) is 0 Å². The van der Waals surface area contributed by atoms with Crippen LogP contribution in [0.15, 0.2) is 24.3 Å². The molecule has 0 bridgehead atoms. The normalized spacial score (nSPS) is 19.5. The van der Waals surface area contributed by atoms with Gasteiger partial charge in [-0.3, -0.25) is 9.59 Å². The van der Waals surface area contributed by atoms with Gasteiger partial charge in [-0.1, -0.05) is 12.1 Å². The zero-order valence-corrected chi connectivity index (χ0v) is 12.0. The third kappa shape index (κ3) is 4.38. The van der Waals surface area contributed by atoms with E-state index < -0.39 is 23.7 Å². The van der Waals surface area contributed by atoms with Crippen LogP contribution < -0.4 is 5.32 Å². The van der Waals surface area contributed by atoms with Crippen molar-refractivity contribution in [2.45, 2.75) is 38.1 Å². The first kappa shape index (κ1) is 16.1. The number of nitrogens with one attached hydrogen (secondary N) is 1. The molecule has 2 atom stereocenters. The Morgan fingerprint density at radius 2 is 2.00 bits per heavy atom. The number of hydrogen-bond donors (Lipinski definition) is 2. The molecule has 1 aromatic rings. The molecule has 22 heavy (non-hydrogen) atoms. The highest BCUT2D eigenvalue weighted by Gasteiger charge is 2.33. The van der Waals surface area contributed by atoms with E-state index in [2.05, 4.69) is 5.32 Å². The highest BCUT2D eigenvalue weighted by Crippen LogP contribution is 2.24. The minimum atomic E-state index is -1.13. The largest absolute Gasteiger partial charge is 0.480 e. The number of ketones is 1. The fourth-order valence-electron chi connectivity index (χ4n) is 2.74. The molecule has 2 N–H and O–H groups in total. The summed E-state index contributed by atoms with van der Waals surface area (Å²) in [6, 6.07) is 4.40. The Bertz CT molecular complexity index is 570. The Morgan fingerprint density at radius 1 is 1.32 bits per heavy atom. The molecule has 6 heteroatoms. The first-order valence-corrected chi connectivity index (χ1v) is 7.24. The monoisotopic (exact) mass is 307 g/mol. The number of rotatable bonds is 5. The minimum Gasteiger partial charge on any atom is -0.480 e. The van der Waals surface area contributed by atoms with Gasteiger partial charge in [0.05, 0.1) is 6.42 Å². The van der Waals surface area contributed by atoms with Gasteiger partial charge in [0.2, 0.25) is 5.91 Å². The molecule has 2 rings (SSSR count). The van der Waals surface area contributed by atoms with Gasteiger partial charge in [0.25, 0.3) is 0 Å². The van der Waals surface area contributed by atoms with Gasteiger partial charge >= 0.3 is 5.97 Å². The molecule has 1 saturated carbocycles. The van der Waals surface area contributed by atoms with Crippen molar-refractivity contribution < 1.29 is 23.9 Å². The SMILES string of the molecule is O=C1CCC[C@@H]([C@H](NC(=O)Cc2ccc(F)cc2)C(=O)O)C1. The van der Waals surface area contributed by atoms with Gasteiger partial charge in [-0.15, -0.1) is 0 Å². The van der Waals surface area contributed by atoms with Crippen molar-refractivity contribution in [1.82, 2.24) is 5.32 Å². The summed E-state index contributed by atoms with van der Waals surface area (Å²) >= 11 is 0. The molecule has 5 nitrogen and oxygen atoms in total. The summed E-state index contributed by atoms with van der Waals surface area (Å²) in [5.41, 5.74) is 0.600. The summed E-state index contributed by atoms with van der Waals surface area (Å²) < 4.78 is 12.8. The lowest BCUT2D eigenvalue weighted by Crippen LogP contribution is -2.47. The van der Waals surface area contributed by atoms with Crippen LogP contribution in [0.25, 0.3) is 0 Å². The third-order valence-corrected chi connectivity index (χ3v) is 3.85. The first-order chi connectivity index (χ1) is 10.5. The molecule has 1 aliphatic rings. The molecule has 1 aliphatic carbocycles. The lowest BCUT2D eigenvalue weighted by Gasteiger charge is -2.27. The summed E-state index contributed by atoms with van der Waals surface area (Å²) in [5, 5.41) is 11.8. The predicted molar refractivity (Wildman–Crippen MR) is 76.6 cm³/mol. The molecule has 0 heterocycles. The summed E-state index contributed by atoms with van der Waals surface area (Å²) in [7, 11) is 0. The number of Topliss-reactive ketones (excluding diaryl/α,β-unsaturated/α-hetero) is 1. The molecule has 1 aromatic carbocycles. The molecular weight excluding hydrogens is 289 g/mol. The van der Waals surface area contributed by atoms with Crippen LogP contribution in [0.4, 0.5) is 4.39 Å². The standard InChI is InChI=1S/C16H18FNO4/c17-12-6-4-10(5-7-12)8-14(20)18-15(16(21)22)11-2-1-3-13(19)9-11/h4-7,11,15H,1-3,8-9H2,(H,18,20)(H,21,22)/t11-,15+/m1/s1. The lowest BCUT2D eigenvalue weighted by atomic mass is 9.83. The predicted octanol–water partition coefficient (Wildman–Crippen LogP) is 1.70. The zero-order valence-electron chi connectivity index (χ0n) is 12.0. The summed E-state index contributed by atoms with van der Waals surface area (Å²) in [6.07, 6.45) is 1.91. The summed E-state index contributed by atoms with van der Waals surface area (Å²) in [6.45, 7) is 0. The first-order valence-electron chi connectivity index (χ1n) is 7.24. The molecule has 1 fully saturated rings. The Hall–Kier alpha value is -2.24. The van der Waals surface area contributed by atoms with Crippen molar-refractivity contribution in [2.24, 2.45) is 5.92 Å². The average Bonchev–Trinajstić information content (AvgIpc) is 2.47. The number of carbonyl (C=O) groups is 3. The molecule has 0 aliphatic heterocycles. The molecule has 0 aromatic heterocycles. The van der Waals surface area contributed by atoms with E-state index in [-0.39, 0.29) is 24.5 Å². The van der Waals surface area contributed by atoms with Gasteiger partial charge in [0, 0.05) is 12.8 Å². The number of carboxylic acids is 1. The average molecular weight is 307 g/mol. The van der Waals surface area contributed by atoms with E-state index in [0.29, 0.717) is 24.8 Å². The quantitative estimate of drug-likeness (QED) is 0.867. The van der Waals surface area contributed by atoms with Crippen molar-refractivity contribution >= 4 is 17.7 Å². The van der Waals surface area contributed by atoms with Gasteiger partial charge in [-0.2, -0.15) is 0 Å². The van der Waals surface area contributed by atoms with Gasteiger partial charge in [0.1, 0.15) is 17.6 Å². The van der Waals surface area contributed by atoms with Crippen LogP contribution in [-0.4, -0.2) is 28.8 Å². The molecule has 0 spiro atoms. The Balaban J connectivity index is 1.98. The van der Waals surface area contributed by atoms with Crippen molar-refractivity contribution in [2.75, 3.05) is 0 Å². The van der Waals surface area contributed by atoms with Crippen molar-refractivity contribution in [3.8, 4) is 0 Å². The number of carboxylic acid groups (broad SMARTS) is 1. The number of aliphatic carboxylic acids is 1. The van der Waals surface area contributed by atoms with Crippen LogP contribution in [0.2, 0.25) is 0 Å². The fraction of sp³-hybridized carbons (Fsp3) is 0.438. The highest BCUT2D eigenvalue weighted by atomic mass is 19.1. The fourth-order valence-corrected chi connectivity index (χ4v) is 2.74. The van der Waals surface area contributed by atoms with Crippen LogP contribution in [0, 0.1) is 11.7 Å². The van der Waals surface area contributed by atoms with Crippen LogP contribution in [0.5, 0.6) is 0 Å². The van der Waals surface area contributed by atoms with E-state index >= 15 is 0 Å². The summed E-state index contributed by atoms with van der Waals surface area (Å²) in [4.78, 5) is 34.8. The highest BCUT2D eigenvalue weighted by molar-refractivity contribution is 5.86. The second kappa shape index (κ2) is 7.15. The number of benzene rings is 1. The second-order valence-electron chi connectivity index (χ2n) is 5.58. The lowest BCUT2D eigenvalue weighted by molar-refractivity contribution is -0.144. The van der Waals surface area contributed by atoms with Crippen molar-refractivity contribution in [3.05, 3.63) is 35.6 Å². The zero-order chi connectivity index (χ0) is 16.1. The maximum Gasteiger partial charge on any atom is 0.326 e. The molecule has 0 radical (unpaired) electrons. The van der Waals surface area contributed by atoms with E-state index in [9.17, 15) is 23.9 Å². The number of hydrogen-bond acceptors (Lipinski definition) is 3. The van der Waals surface area contributed by atoms with E-state index in [1.54, 1.807) is 0 Å². The van der Waals surface area contributed by atoms with E-state index in [1.165, 1.54) is 24.3 Å². The Labute approximate surface area is 127 Å². The third-order valence-electron chi connectivity index (χ3n) is 3.85. The molecular formula is C16H18FNO4. The summed E-state index contributed by atoms with van der Waals surface area (Å²) in [5.74, 6) is -2.30.